The maximum atomic E-state index is 12.1. The van der Waals surface area contributed by atoms with Crippen LogP contribution in [0.1, 0.15) is 73.6 Å². The van der Waals surface area contributed by atoms with Crippen molar-refractivity contribution in [2.24, 2.45) is 46.8 Å². The fourth-order valence-corrected chi connectivity index (χ4v) is 7.56. The number of carbonyl (C=O) groups excluding carboxylic acids is 1. The molecule has 3 aliphatic carbocycles. The van der Waals surface area contributed by atoms with Crippen LogP contribution >= 0.6 is 0 Å². The highest BCUT2D eigenvalue weighted by Crippen LogP contribution is 2.64. The number of esters is 1. The van der Waals surface area contributed by atoms with E-state index in [-0.39, 0.29) is 29.5 Å². The summed E-state index contributed by atoms with van der Waals surface area (Å²) in [7, 11) is 0. The molecule has 1 heterocycles. The molecule has 0 aromatic rings. The van der Waals surface area contributed by atoms with Crippen LogP contribution in [-0.4, -0.2) is 23.3 Å². The molecule has 0 unspecified atom stereocenters. The lowest BCUT2D eigenvalue weighted by molar-refractivity contribution is -0.149. The van der Waals surface area contributed by atoms with Gasteiger partial charge in [-0.1, -0.05) is 64.5 Å². The van der Waals surface area contributed by atoms with Gasteiger partial charge in [0.05, 0.1) is 12.5 Å². The normalized spacial score (nSPS) is 42.1. The van der Waals surface area contributed by atoms with Crippen LogP contribution in [0.4, 0.5) is 0 Å². The SMILES string of the molecule is CC1=C2C=CCC(=O)O[C@@H]2C[C@@H]2[C@H]1[C@H](O)C[C@]1(C)[C@@H]([C@H](C)/C=C/[C@H](C)C(C)C)CC[C@@H]21. The predicted molar refractivity (Wildman–Crippen MR) is 125 cm³/mol. The molecule has 0 aromatic heterocycles. The van der Waals surface area contributed by atoms with Crippen molar-refractivity contribution in [1.29, 1.82) is 0 Å². The lowest BCUT2D eigenvalue weighted by Crippen LogP contribution is -2.52. The second kappa shape index (κ2) is 8.54. The van der Waals surface area contributed by atoms with Crippen LogP contribution in [0.25, 0.3) is 0 Å². The summed E-state index contributed by atoms with van der Waals surface area (Å²) in [6.07, 6.45) is 13.0. The Morgan fingerprint density at radius 2 is 1.94 bits per heavy atom. The summed E-state index contributed by atoms with van der Waals surface area (Å²) in [5.41, 5.74) is 2.54. The first-order chi connectivity index (χ1) is 14.6. The first-order valence-electron chi connectivity index (χ1n) is 12.6. The monoisotopic (exact) mass is 426 g/mol. The van der Waals surface area contributed by atoms with Crippen LogP contribution in [0.5, 0.6) is 0 Å². The summed E-state index contributed by atoms with van der Waals surface area (Å²) in [6.45, 7) is 13.9. The third kappa shape index (κ3) is 3.96. The van der Waals surface area contributed by atoms with Crippen molar-refractivity contribution >= 4 is 5.97 Å². The van der Waals surface area contributed by atoms with Crippen molar-refractivity contribution in [1.82, 2.24) is 0 Å². The van der Waals surface area contributed by atoms with E-state index in [2.05, 4.69) is 59.8 Å². The van der Waals surface area contributed by atoms with E-state index in [0.29, 0.717) is 41.9 Å². The minimum Gasteiger partial charge on any atom is -0.457 e. The van der Waals surface area contributed by atoms with E-state index < -0.39 is 0 Å². The summed E-state index contributed by atoms with van der Waals surface area (Å²) in [4.78, 5) is 12.1. The Morgan fingerprint density at radius 3 is 2.65 bits per heavy atom. The first-order valence-corrected chi connectivity index (χ1v) is 12.6. The van der Waals surface area contributed by atoms with Gasteiger partial charge < -0.3 is 9.84 Å². The third-order valence-electron chi connectivity index (χ3n) is 9.57. The second-order valence-electron chi connectivity index (χ2n) is 11.6. The minimum absolute atomic E-state index is 0.121. The van der Waals surface area contributed by atoms with Crippen molar-refractivity contribution in [3.05, 3.63) is 35.5 Å². The molecule has 0 spiro atoms. The van der Waals surface area contributed by atoms with Gasteiger partial charge >= 0.3 is 5.97 Å². The number of aliphatic hydroxyl groups excluding tert-OH is 1. The van der Waals surface area contributed by atoms with Gasteiger partial charge in [-0.3, -0.25) is 4.79 Å². The summed E-state index contributed by atoms with van der Waals surface area (Å²) < 4.78 is 5.86. The molecule has 9 atom stereocenters. The highest BCUT2D eigenvalue weighted by atomic mass is 16.5. The molecule has 0 radical (unpaired) electrons. The fraction of sp³-hybridized carbons (Fsp3) is 0.750. The molecule has 2 saturated carbocycles. The van der Waals surface area contributed by atoms with Gasteiger partial charge in [0, 0.05) is 5.92 Å². The van der Waals surface area contributed by atoms with Gasteiger partial charge in [0.15, 0.2) is 0 Å². The van der Waals surface area contributed by atoms with E-state index in [0.717, 1.165) is 18.4 Å². The molecule has 172 valence electrons. The van der Waals surface area contributed by atoms with Gasteiger partial charge in [-0.05, 0) is 79.1 Å². The van der Waals surface area contributed by atoms with Crippen LogP contribution in [0.15, 0.2) is 35.5 Å². The molecule has 0 bridgehead atoms. The Labute approximate surface area is 189 Å². The zero-order valence-corrected chi connectivity index (χ0v) is 20.3. The zero-order valence-electron chi connectivity index (χ0n) is 20.3. The molecule has 0 aromatic carbocycles. The van der Waals surface area contributed by atoms with E-state index in [1.807, 2.05) is 6.08 Å². The fourth-order valence-electron chi connectivity index (χ4n) is 7.56. The van der Waals surface area contributed by atoms with Gasteiger partial charge in [0.2, 0.25) is 0 Å². The Hall–Kier alpha value is -1.35. The first kappa shape index (κ1) is 22.8. The number of carbonyl (C=O) groups is 1. The highest BCUT2D eigenvalue weighted by Gasteiger charge is 2.59. The highest BCUT2D eigenvalue weighted by molar-refractivity contribution is 5.73. The topological polar surface area (TPSA) is 46.5 Å². The Kier molecular flexibility index (Phi) is 6.29. The maximum Gasteiger partial charge on any atom is 0.310 e. The van der Waals surface area contributed by atoms with Crippen LogP contribution in [0.3, 0.4) is 0 Å². The van der Waals surface area contributed by atoms with Crippen LogP contribution in [-0.2, 0) is 9.53 Å². The van der Waals surface area contributed by atoms with Gasteiger partial charge in [0.25, 0.3) is 0 Å². The zero-order chi connectivity index (χ0) is 22.5. The van der Waals surface area contributed by atoms with E-state index in [4.69, 9.17) is 4.74 Å². The molecule has 3 heteroatoms. The molecule has 0 amide bonds. The lowest BCUT2D eigenvalue weighted by atomic mass is 9.52. The number of fused-ring (bicyclic) bond motifs is 4. The summed E-state index contributed by atoms with van der Waals surface area (Å²) in [5.74, 6) is 3.45. The van der Waals surface area contributed by atoms with Crippen molar-refractivity contribution < 1.29 is 14.6 Å². The van der Waals surface area contributed by atoms with Crippen LogP contribution in [0.2, 0.25) is 0 Å². The molecule has 1 aliphatic heterocycles. The van der Waals surface area contributed by atoms with Crippen molar-refractivity contribution in [2.75, 3.05) is 0 Å². The van der Waals surface area contributed by atoms with E-state index in [1.165, 1.54) is 18.4 Å². The summed E-state index contributed by atoms with van der Waals surface area (Å²) in [5, 5.41) is 11.4. The average molecular weight is 427 g/mol. The van der Waals surface area contributed by atoms with Gasteiger partial charge in [-0.25, -0.2) is 0 Å². The van der Waals surface area contributed by atoms with Gasteiger partial charge in [0.1, 0.15) is 6.10 Å². The molecule has 4 aliphatic rings. The van der Waals surface area contributed by atoms with Gasteiger partial charge in [-0.2, -0.15) is 0 Å². The maximum absolute atomic E-state index is 12.1. The van der Waals surface area contributed by atoms with Crippen molar-refractivity contribution in [3.8, 4) is 0 Å². The molecule has 31 heavy (non-hydrogen) atoms. The molecular formula is C28H42O3. The number of allylic oxidation sites excluding steroid dienone is 2. The number of hydrogen-bond acceptors (Lipinski definition) is 3. The standard InChI is InChI=1S/C28H42O3/c1-16(2)17(3)10-11-18(4)22-12-13-23-21-14-25-20(8-7-9-26(30)31-25)19(5)27(21)24(29)15-28(22,23)6/h7-8,10-11,16-18,21-25,27,29H,9,12-15H2,1-6H3/b11-10+/t17-,18+,21-,22+,23-,24+,25+,27-,28+/m0/s1. The third-order valence-corrected chi connectivity index (χ3v) is 9.57. The minimum atomic E-state index is -0.307. The number of hydrogen-bond donors (Lipinski definition) is 1. The van der Waals surface area contributed by atoms with Crippen molar-refractivity contribution in [2.45, 2.75) is 85.9 Å². The average Bonchev–Trinajstić information content (AvgIpc) is 2.92. The second-order valence-corrected chi connectivity index (χ2v) is 11.6. The molecule has 1 N–H and O–H groups in total. The number of ether oxygens (including phenoxy) is 1. The van der Waals surface area contributed by atoms with E-state index in [1.54, 1.807) is 0 Å². The summed E-state index contributed by atoms with van der Waals surface area (Å²) in [6, 6.07) is 0. The molecule has 2 fully saturated rings. The lowest BCUT2D eigenvalue weighted by Gasteiger charge is -2.54. The number of aliphatic hydroxyl groups is 1. The Morgan fingerprint density at radius 1 is 1.19 bits per heavy atom. The van der Waals surface area contributed by atoms with E-state index >= 15 is 0 Å². The molecule has 0 saturated heterocycles. The molecule has 3 nitrogen and oxygen atoms in total. The van der Waals surface area contributed by atoms with Crippen LogP contribution < -0.4 is 0 Å². The smallest absolute Gasteiger partial charge is 0.310 e. The quantitative estimate of drug-likeness (QED) is 0.437. The molecular weight excluding hydrogens is 384 g/mol. The van der Waals surface area contributed by atoms with E-state index in [9.17, 15) is 9.90 Å². The Bertz CT molecular complexity index is 790. The largest absolute Gasteiger partial charge is 0.457 e. The predicted octanol–water partition coefficient (Wildman–Crippen LogP) is 6.09. The summed E-state index contributed by atoms with van der Waals surface area (Å²) >= 11 is 0. The molecule has 4 rings (SSSR count). The van der Waals surface area contributed by atoms with Gasteiger partial charge in [-0.15, -0.1) is 0 Å². The number of rotatable bonds is 4. The van der Waals surface area contributed by atoms with Crippen LogP contribution in [0, 0.1) is 46.8 Å². The Balaban J connectivity index is 1.60. The van der Waals surface area contributed by atoms with Crippen molar-refractivity contribution in [3.63, 3.8) is 0 Å².